The van der Waals surface area contributed by atoms with E-state index in [4.69, 9.17) is 5.26 Å². The first-order valence-corrected chi connectivity index (χ1v) is 9.30. The monoisotopic (exact) mass is 511 g/mol. The summed E-state index contributed by atoms with van der Waals surface area (Å²) in [6, 6.07) is 0. The Labute approximate surface area is 211 Å². The van der Waals surface area contributed by atoms with E-state index in [0.717, 1.165) is 23.1 Å². The van der Waals surface area contributed by atoms with Gasteiger partial charge in [0.15, 0.2) is 0 Å². The molecule has 0 heterocycles. The lowest BCUT2D eigenvalue weighted by Crippen LogP contribution is -2.43. The molecule has 210 valence electrons. The van der Waals surface area contributed by atoms with Gasteiger partial charge in [-0.3, -0.25) is 33.8 Å². The molecule has 0 aromatic carbocycles. The van der Waals surface area contributed by atoms with Crippen LogP contribution in [-0.2, 0) is 38.4 Å². The van der Waals surface area contributed by atoms with Gasteiger partial charge in [-0.2, -0.15) is 5.26 Å². The number of hydrogen-bond donors (Lipinski definition) is 2. The maximum atomic E-state index is 11.1. The zero-order chi connectivity index (χ0) is 25.1. The molecule has 12 nitrogen and oxygen atoms in total. The lowest BCUT2D eigenvalue weighted by Gasteiger charge is -2.22. The molecule has 35 heavy (non-hydrogen) atoms. The van der Waals surface area contributed by atoms with Gasteiger partial charge in [0.05, 0.1) is 0 Å². The zero-order valence-corrected chi connectivity index (χ0v) is 19.1. The van der Waals surface area contributed by atoms with E-state index in [0.29, 0.717) is 13.0 Å². The van der Waals surface area contributed by atoms with Gasteiger partial charge in [0.2, 0.25) is 29.5 Å². The molecule has 0 aromatic rings. The van der Waals surface area contributed by atoms with Gasteiger partial charge < -0.3 is 15.0 Å². The lowest BCUT2D eigenvalue weighted by atomic mass is 10.2. The highest BCUT2D eigenvalue weighted by Gasteiger charge is 2.18. The largest absolute Gasteiger partial charge is 0.356 e. The Morgan fingerprint density at radius 1 is 0.657 bits per heavy atom. The van der Waals surface area contributed by atoms with Crippen molar-refractivity contribution in [1.82, 2.24) is 15.1 Å². The van der Waals surface area contributed by atoms with Crippen molar-refractivity contribution in [2.45, 2.75) is 91.0 Å². The number of nitrogens with zero attached hydrogens (tertiary/aromatic N) is 2. The average molecular weight is 512 g/mol. The number of imide groups is 2. The molecule has 0 aliphatic rings. The zero-order valence-electron chi connectivity index (χ0n) is 19.1. The maximum absolute atomic E-state index is 11.1. The SMILES string of the molecule is C.C.C.C.CC(=O)CCCNC(C)=O.CC(=O)N(CCN(C(C)=O)C(C)=O)C(C)=O.CC(=O)OO. The molecule has 0 aliphatic carbocycles. The van der Waals surface area contributed by atoms with Crippen molar-refractivity contribution in [3.05, 3.63) is 0 Å². The number of amides is 5. The minimum absolute atomic E-state index is 0. The molecule has 0 spiro atoms. The summed E-state index contributed by atoms with van der Waals surface area (Å²) < 4.78 is 0. The smallest absolute Gasteiger partial charge is 0.339 e. The van der Waals surface area contributed by atoms with Crippen LogP contribution >= 0.6 is 0 Å². The van der Waals surface area contributed by atoms with Gasteiger partial charge >= 0.3 is 5.97 Å². The number of nitrogens with one attached hydrogen (secondary N) is 1. The fourth-order valence-corrected chi connectivity index (χ4v) is 1.87. The van der Waals surface area contributed by atoms with E-state index in [-0.39, 0.29) is 54.5 Å². The Kier molecular flexibility index (Phi) is 40.5. The van der Waals surface area contributed by atoms with E-state index >= 15 is 0 Å². The van der Waals surface area contributed by atoms with E-state index in [1.165, 1.54) is 34.6 Å². The van der Waals surface area contributed by atoms with Gasteiger partial charge in [-0.25, -0.2) is 4.79 Å². The summed E-state index contributed by atoms with van der Waals surface area (Å²) in [5, 5.41) is 9.90. The highest BCUT2D eigenvalue weighted by molar-refractivity contribution is 5.94. The van der Waals surface area contributed by atoms with Crippen LogP contribution in [0.15, 0.2) is 0 Å². The van der Waals surface area contributed by atoms with E-state index in [1.54, 1.807) is 6.92 Å². The number of rotatable bonds is 7. The predicted octanol–water partition coefficient (Wildman–Crippen LogP) is 2.84. The topological polar surface area (TPSA) is 167 Å². The summed E-state index contributed by atoms with van der Waals surface area (Å²) in [5.74, 6) is -2.17. The van der Waals surface area contributed by atoms with Crippen LogP contribution in [-0.4, -0.2) is 76.0 Å². The predicted molar refractivity (Wildman–Crippen MR) is 136 cm³/mol. The fraction of sp³-hybridized carbons (Fsp3) is 0.696. The van der Waals surface area contributed by atoms with Crippen molar-refractivity contribution in [2.75, 3.05) is 19.6 Å². The van der Waals surface area contributed by atoms with Crippen LogP contribution in [0.25, 0.3) is 0 Å². The first-order valence-electron chi connectivity index (χ1n) is 9.30. The van der Waals surface area contributed by atoms with Gasteiger partial charge in [-0.15, -0.1) is 0 Å². The molecule has 0 unspecified atom stereocenters. The van der Waals surface area contributed by atoms with Gasteiger partial charge in [0.1, 0.15) is 5.78 Å². The van der Waals surface area contributed by atoms with Crippen molar-refractivity contribution in [1.29, 1.82) is 0 Å². The minimum atomic E-state index is -0.690. The Balaban J connectivity index is -0.0000000718. The van der Waals surface area contributed by atoms with Crippen molar-refractivity contribution in [3.63, 3.8) is 0 Å². The lowest BCUT2D eigenvalue weighted by molar-refractivity contribution is -0.231. The first kappa shape index (κ1) is 49.1. The average Bonchev–Trinajstić information content (AvgIpc) is 2.61. The van der Waals surface area contributed by atoms with Gasteiger partial charge in [0, 0.05) is 67.6 Å². The number of carbonyl (C=O) groups excluding carboxylic acids is 7. The van der Waals surface area contributed by atoms with Crippen molar-refractivity contribution in [2.24, 2.45) is 0 Å². The van der Waals surface area contributed by atoms with E-state index in [1.807, 2.05) is 0 Å². The van der Waals surface area contributed by atoms with Gasteiger partial charge in [-0.05, 0) is 13.3 Å². The Morgan fingerprint density at radius 3 is 1.11 bits per heavy atom. The number of ketones is 1. The Bertz CT molecular complexity index is 574. The summed E-state index contributed by atoms with van der Waals surface area (Å²) in [5.41, 5.74) is 0. The molecule has 2 N–H and O–H groups in total. The second-order valence-corrected chi connectivity index (χ2v) is 6.25. The Morgan fingerprint density at radius 2 is 0.943 bits per heavy atom. The minimum Gasteiger partial charge on any atom is -0.356 e. The Hall–Kier alpha value is -3.15. The van der Waals surface area contributed by atoms with E-state index < -0.39 is 29.6 Å². The third-order valence-corrected chi connectivity index (χ3v) is 3.28. The summed E-state index contributed by atoms with van der Waals surface area (Å²) in [7, 11) is 0. The van der Waals surface area contributed by atoms with Crippen LogP contribution in [0, 0.1) is 0 Å². The third kappa shape index (κ3) is 35.6. The molecule has 0 bridgehead atoms. The standard InChI is InChI=1S/C10H16N2O4.C7H13NO2.C2H4O3.4CH4/c1-7(13)11(8(2)14)5-6-12(9(3)15)10(4)16;1-6(9)4-3-5-8-7(2)10;1-2(3)5-4;;;;/h5-6H2,1-4H3;3-5H2,1-2H3,(H,8,10);4H,1H3;4*1H4. The molecule has 0 saturated heterocycles. The summed E-state index contributed by atoms with van der Waals surface area (Å²) in [6.45, 7) is 9.82. The summed E-state index contributed by atoms with van der Waals surface area (Å²) >= 11 is 0. The van der Waals surface area contributed by atoms with Crippen LogP contribution in [0.1, 0.15) is 91.0 Å². The number of carbonyl (C=O) groups is 7. The van der Waals surface area contributed by atoms with Gasteiger partial charge in [-0.1, -0.05) is 29.7 Å². The molecule has 0 saturated carbocycles. The first-order chi connectivity index (χ1) is 14.2. The van der Waals surface area contributed by atoms with Crippen molar-refractivity contribution < 1.29 is 43.7 Å². The van der Waals surface area contributed by atoms with Crippen LogP contribution in [0.2, 0.25) is 0 Å². The van der Waals surface area contributed by atoms with Crippen LogP contribution in [0.3, 0.4) is 0 Å². The molecule has 12 heteroatoms. The third-order valence-electron chi connectivity index (χ3n) is 3.28. The number of Topliss-reactive ketones (excluding diaryl/α,β-unsaturated/α-hetero) is 1. The summed E-state index contributed by atoms with van der Waals surface area (Å²) in [4.78, 5) is 79.3. The van der Waals surface area contributed by atoms with Crippen LogP contribution in [0.5, 0.6) is 0 Å². The normalized spacial score (nSPS) is 7.89. The molecule has 0 aromatic heterocycles. The molecular weight excluding hydrogens is 462 g/mol. The molecule has 0 atom stereocenters. The van der Waals surface area contributed by atoms with Crippen molar-refractivity contribution in [3.8, 4) is 0 Å². The molecule has 5 amide bonds. The molecule has 0 fully saturated rings. The molecular formula is C23H49N3O9. The second-order valence-electron chi connectivity index (χ2n) is 6.25. The molecule has 0 radical (unpaired) electrons. The quantitative estimate of drug-likeness (QED) is 0.296. The number of hydrogen-bond acceptors (Lipinski definition) is 9. The second kappa shape index (κ2) is 28.9. The highest BCUT2D eigenvalue weighted by Crippen LogP contribution is 1.96. The van der Waals surface area contributed by atoms with Gasteiger partial charge in [0.25, 0.3) is 0 Å². The fourth-order valence-electron chi connectivity index (χ4n) is 1.87. The summed E-state index contributed by atoms with van der Waals surface area (Å²) in [6.07, 6.45) is 1.30. The van der Waals surface area contributed by atoms with E-state index in [9.17, 15) is 33.6 Å². The molecule has 0 rings (SSSR count). The molecule has 0 aliphatic heterocycles. The van der Waals surface area contributed by atoms with Crippen molar-refractivity contribution >= 4 is 41.3 Å². The van der Waals surface area contributed by atoms with Crippen LogP contribution < -0.4 is 5.32 Å². The van der Waals surface area contributed by atoms with Crippen LogP contribution in [0.4, 0.5) is 0 Å². The maximum Gasteiger partial charge on any atom is 0.339 e. The highest BCUT2D eigenvalue weighted by atomic mass is 17.1. The van der Waals surface area contributed by atoms with E-state index in [2.05, 4.69) is 10.2 Å².